The summed E-state index contributed by atoms with van der Waals surface area (Å²) in [4.78, 5) is 34.1. The smallest absolute Gasteiger partial charge is 0.270 e. The highest BCUT2D eigenvalue weighted by molar-refractivity contribution is 6.13. The molecule has 0 amide bonds. The molecular weight excluding hydrogens is 270 g/mol. The second-order valence-electron chi connectivity index (χ2n) is 4.70. The van der Waals surface area contributed by atoms with Crippen LogP contribution in [0.1, 0.15) is 32.7 Å². The molecule has 0 aliphatic carbocycles. The van der Waals surface area contributed by atoms with Crippen LogP contribution >= 0.6 is 0 Å². The van der Waals surface area contributed by atoms with Crippen molar-refractivity contribution in [1.82, 2.24) is 0 Å². The summed E-state index contributed by atoms with van der Waals surface area (Å²) in [7, 11) is 0. The first kappa shape index (κ1) is 14.6. The maximum Gasteiger partial charge on any atom is 0.270 e. The second-order valence-corrected chi connectivity index (χ2v) is 4.70. The molecule has 0 aliphatic heterocycles. The highest BCUT2D eigenvalue weighted by Gasteiger charge is 2.16. The van der Waals surface area contributed by atoms with Gasteiger partial charge in [0.1, 0.15) is 0 Å². The zero-order valence-corrected chi connectivity index (χ0v) is 11.4. The molecule has 0 N–H and O–H groups in total. The molecule has 0 aliphatic rings. The SMILES string of the molecule is Cc1ccc(C(=O)CC(=O)c2cccc([N+](=O)[O-])c2)cc1. The van der Waals surface area contributed by atoms with Crippen LogP contribution in [0.4, 0.5) is 5.69 Å². The number of benzene rings is 2. The highest BCUT2D eigenvalue weighted by atomic mass is 16.6. The Bertz CT molecular complexity index is 704. The standard InChI is InChI=1S/C16H13NO4/c1-11-5-7-12(8-6-11)15(18)10-16(19)13-3-2-4-14(9-13)17(20)21/h2-9H,10H2,1H3. The lowest BCUT2D eigenvalue weighted by molar-refractivity contribution is -0.384. The van der Waals surface area contributed by atoms with Gasteiger partial charge >= 0.3 is 0 Å². The summed E-state index contributed by atoms with van der Waals surface area (Å²) in [6.07, 6.45) is -0.301. The summed E-state index contributed by atoms with van der Waals surface area (Å²) in [5, 5.41) is 10.7. The summed E-state index contributed by atoms with van der Waals surface area (Å²) >= 11 is 0. The fraction of sp³-hybridized carbons (Fsp3) is 0.125. The van der Waals surface area contributed by atoms with E-state index in [0.29, 0.717) is 5.56 Å². The largest absolute Gasteiger partial charge is 0.294 e. The Morgan fingerprint density at radius 3 is 2.24 bits per heavy atom. The van der Waals surface area contributed by atoms with Crippen LogP contribution in [0.5, 0.6) is 0 Å². The number of carbonyl (C=O) groups excluding carboxylic acids is 2. The van der Waals surface area contributed by atoms with Crippen molar-refractivity contribution in [2.45, 2.75) is 13.3 Å². The number of ketones is 2. The normalized spacial score (nSPS) is 10.1. The van der Waals surface area contributed by atoms with E-state index >= 15 is 0 Å². The third-order valence-corrected chi connectivity index (χ3v) is 3.07. The van der Waals surface area contributed by atoms with Gasteiger partial charge in [0.15, 0.2) is 11.6 Å². The molecule has 0 bridgehead atoms. The molecule has 0 radical (unpaired) electrons. The molecule has 106 valence electrons. The van der Waals surface area contributed by atoms with Gasteiger partial charge in [-0.15, -0.1) is 0 Å². The Morgan fingerprint density at radius 2 is 1.62 bits per heavy atom. The number of nitro benzene ring substituents is 1. The summed E-state index contributed by atoms with van der Waals surface area (Å²) < 4.78 is 0. The Morgan fingerprint density at radius 1 is 1.00 bits per heavy atom. The van der Waals surface area contributed by atoms with Gasteiger partial charge in [-0.05, 0) is 6.92 Å². The average Bonchev–Trinajstić information content (AvgIpc) is 2.48. The van der Waals surface area contributed by atoms with E-state index in [4.69, 9.17) is 0 Å². The quantitative estimate of drug-likeness (QED) is 0.365. The van der Waals surface area contributed by atoms with E-state index in [1.807, 2.05) is 6.92 Å². The maximum atomic E-state index is 12.0. The van der Waals surface area contributed by atoms with E-state index in [0.717, 1.165) is 5.56 Å². The lowest BCUT2D eigenvalue weighted by Crippen LogP contribution is -2.09. The fourth-order valence-corrected chi connectivity index (χ4v) is 1.88. The minimum Gasteiger partial charge on any atom is -0.294 e. The Hall–Kier alpha value is -2.82. The maximum absolute atomic E-state index is 12.0. The van der Waals surface area contributed by atoms with Crippen LogP contribution in [-0.4, -0.2) is 16.5 Å². The van der Waals surface area contributed by atoms with Gasteiger partial charge < -0.3 is 0 Å². The molecule has 5 nitrogen and oxygen atoms in total. The fourth-order valence-electron chi connectivity index (χ4n) is 1.88. The molecule has 0 saturated heterocycles. The number of rotatable bonds is 5. The number of non-ortho nitro benzene ring substituents is 1. The van der Waals surface area contributed by atoms with E-state index in [2.05, 4.69) is 0 Å². The minimum atomic E-state index is -0.571. The number of nitro groups is 1. The topological polar surface area (TPSA) is 77.3 Å². The predicted octanol–water partition coefficient (Wildman–Crippen LogP) is 3.36. The van der Waals surface area contributed by atoms with Crippen LogP contribution < -0.4 is 0 Å². The zero-order valence-electron chi connectivity index (χ0n) is 11.4. The summed E-state index contributed by atoms with van der Waals surface area (Å²) in [5.74, 6) is -0.726. The Kier molecular flexibility index (Phi) is 4.23. The third-order valence-electron chi connectivity index (χ3n) is 3.07. The minimum absolute atomic E-state index is 0.163. The van der Waals surface area contributed by atoms with Crippen molar-refractivity contribution in [2.75, 3.05) is 0 Å². The van der Waals surface area contributed by atoms with E-state index < -0.39 is 10.7 Å². The van der Waals surface area contributed by atoms with Gasteiger partial charge in [-0.3, -0.25) is 19.7 Å². The monoisotopic (exact) mass is 283 g/mol. The number of hydrogen-bond acceptors (Lipinski definition) is 4. The van der Waals surface area contributed by atoms with E-state index in [1.54, 1.807) is 24.3 Å². The number of Topliss-reactive ketones (excluding diaryl/α,β-unsaturated/α-hetero) is 2. The van der Waals surface area contributed by atoms with Crippen molar-refractivity contribution < 1.29 is 14.5 Å². The molecule has 0 aromatic heterocycles. The number of carbonyl (C=O) groups is 2. The van der Waals surface area contributed by atoms with Gasteiger partial charge in [0.05, 0.1) is 11.3 Å². The average molecular weight is 283 g/mol. The first-order chi connectivity index (χ1) is 9.97. The predicted molar refractivity (Wildman–Crippen MR) is 77.6 cm³/mol. The molecule has 0 saturated carbocycles. The third kappa shape index (κ3) is 3.60. The molecule has 0 heterocycles. The van der Waals surface area contributed by atoms with Gasteiger partial charge in [-0.1, -0.05) is 42.0 Å². The van der Waals surface area contributed by atoms with Crippen LogP contribution in [0.2, 0.25) is 0 Å². The van der Waals surface area contributed by atoms with Crippen molar-refractivity contribution in [3.63, 3.8) is 0 Å². The molecular formula is C16H13NO4. The van der Waals surface area contributed by atoms with Crippen LogP contribution in [0, 0.1) is 17.0 Å². The first-order valence-electron chi connectivity index (χ1n) is 6.35. The lowest BCUT2D eigenvalue weighted by atomic mass is 10.0. The highest BCUT2D eigenvalue weighted by Crippen LogP contribution is 2.16. The van der Waals surface area contributed by atoms with Crippen molar-refractivity contribution in [2.24, 2.45) is 0 Å². The summed E-state index contributed by atoms with van der Waals surface area (Å²) in [6.45, 7) is 1.91. The molecule has 2 aromatic carbocycles. The van der Waals surface area contributed by atoms with Gasteiger partial charge in [0, 0.05) is 23.3 Å². The molecule has 2 rings (SSSR count). The van der Waals surface area contributed by atoms with Crippen LogP contribution in [-0.2, 0) is 0 Å². The molecule has 5 heteroatoms. The van der Waals surface area contributed by atoms with Crippen LogP contribution in [0.25, 0.3) is 0 Å². The summed E-state index contributed by atoms with van der Waals surface area (Å²) in [5.41, 5.74) is 1.49. The second kappa shape index (κ2) is 6.09. The molecule has 0 spiro atoms. The van der Waals surface area contributed by atoms with Gasteiger partial charge in [0.2, 0.25) is 0 Å². The van der Waals surface area contributed by atoms with Gasteiger partial charge in [0.25, 0.3) is 5.69 Å². The Labute approximate surface area is 121 Å². The van der Waals surface area contributed by atoms with E-state index in [9.17, 15) is 19.7 Å². The number of hydrogen-bond donors (Lipinski definition) is 0. The van der Waals surface area contributed by atoms with E-state index in [1.165, 1.54) is 24.3 Å². The number of nitrogens with zero attached hydrogens (tertiary/aromatic N) is 1. The number of aryl methyl sites for hydroxylation is 1. The molecule has 0 fully saturated rings. The lowest BCUT2D eigenvalue weighted by Gasteiger charge is -2.02. The van der Waals surface area contributed by atoms with Crippen molar-refractivity contribution in [3.8, 4) is 0 Å². The Balaban J connectivity index is 2.14. The molecule has 2 aromatic rings. The van der Waals surface area contributed by atoms with Gasteiger partial charge in [-0.2, -0.15) is 0 Å². The van der Waals surface area contributed by atoms with Crippen molar-refractivity contribution >= 4 is 17.3 Å². The van der Waals surface area contributed by atoms with Crippen LogP contribution in [0.3, 0.4) is 0 Å². The van der Waals surface area contributed by atoms with Crippen molar-refractivity contribution in [1.29, 1.82) is 0 Å². The van der Waals surface area contributed by atoms with Gasteiger partial charge in [-0.25, -0.2) is 0 Å². The molecule has 21 heavy (non-hydrogen) atoms. The molecule has 0 atom stereocenters. The van der Waals surface area contributed by atoms with Crippen LogP contribution in [0.15, 0.2) is 48.5 Å². The molecule has 0 unspecified atom stereocenters. The zero-order chi connectivity index (χ0) is 15.4. The van der Waals surface area contributed by atoms with E-state index in [-0.39, 0.29) is 23.5 Å². The summed E-state index contributed by atoms with van der Waals surface area (Å²) in [6, 6.07) is 12.3. The van der Waals surface area contributed by atoms with Crippen molar-refractivity contribution in [3.05, 3.63) is 75.3 Å². The first-order valence-corrected chi connectivity index (χ1v) is 6.35.